The van der Waals surface area contributed by atoms with Crippen molar-refractivity contribution in [1.82, 2.24) is 5.32 Å². The number of nitriles is 1. The highest BCUT2D eigenvalue weighted by Crippen LogP contribution is 2.20. The van der Waals surface area contributed by atoms with Crippen molar-refractivity contribution >= 4 is 15.7 Å². The van der Waals surface area contributed by atoms with Crippen LogP contribution in [0.4, 0.5) is 0 Å². The number of sulfone groups is 1. The number of nitrogens with one attached hydrogen (secondary N) is 1. The lowest BCUT2D eigenvalue weighted by Crippen LogP contribution is -2.31. The second-order valence-corrected chi connectivity index (χ2v) is 7.23. The Morgan fingerprint density at radius 3 is 2.50 bits per heavy atom. The van der Waals surface area contributed by atoms with Gasteiger partial charge in [-0.2, -0.15) is 5.26 Å². The summed E-state index contributed by atoms with van der Waals surface area (Å²) < 4.78 is 23.3. The number of nitrogens with zero attached hydrogens (tertiary/aromatic N) is 1. The first-order valence-electron chi connectivity index (χ1n) is 6.11. The quantitative estimate of drug-likeness (QED) is 0.721. The molecule has 5 nitrogen and oxygen atoms in total. The molecule has 0 aliphatic heterocycles. The molecule has 0 saturated heterocycles. The topological polar surface area (TPSA) is 87.0 Å². The van der Waals surface area contributed by atoms with Gasteiger partial charge >= 0.3 is 0 Å². The van der Waals surface area contributed by atoms with Gasteiger partial charge in [0.1, 0.15) is 5.75 Å². The maximum atomic E-state index is 11.6. The van der Waals surface area contributed by atoms with Gasteiger partial charge in [-0.25, -0.2) is 8.42 Å². The zero-order chi connectivity index (χ0) is 14.2. The summed E-state index contributed by atoms with van der Waals surface area (Å²) in [4.78, 5) is 11.3. The second kappa shape index (κ2) is 7.37. The minimum atomic E-state index is -3.36. The summed E-state index contributed by atoms with van der Waals surface area (Å²) in [6.45, 7) is 5.94. The van der Waals surface area contributed by atoms with E-state index in [1.165, 1.54) is 0 Å². The molecule has 0 saturated carbocycles. The van der Waals surface area contributed by atoms with Crippen LogP contribution in [0.3, 0.4) is 0 Å². The molecule has 0 atom stereocenters. The standard InChI is InChI=1S/C12H22N2O3S/c1-4-7-14-11(15)9-18(16,17)8-5-6-12(2,3)10-13/h4-9H2,1-3H3,(H,14,15). The van der Waals surface area contributed by atoms with E-state index in [1.54, 1.807) is 13.8 Å². The Morgan fingerprint density at radius 1 is 1.39 bits per heavy atom. The van der Waals surface area contributed by atoms with Gasteiger partial charge in [-0.05, 0) is 33.1 Å². The van der Waals surface area contributed by atoms with Crippen LogP contribution in [0.25, 0.3) is 0 Å². The molecule has 0 heterocycles. The average Bonchev–Trinajstić information content (AvgIpc) is 2.25. The zero-order valence-corrected chi connectivity index (χ0v) is 12.1. The first-order chi connectivity index (χ1) is 8.22. The minimum Gasteiger partial charge on any atom is -0.355 e. The van der Waals surface area contributed by atoms with E-state index in [1.807, 2.05) is 6.92 Å². The first-order valence-corrected chi connectivity index (χ1v) is 7.93. The molecule has 0 aromatic heterocycles. The third-order valence-corrected chi connectivity index (χ3v) is 4.10. The predicted octanol–water partition coefficient (Wildman–Crippen LogP) is 1.26. The van der Waals surface area contributed by atoms with Crippen molar-refractivity contribution in [3.63, 3.8) is 0 Å². The van der Waals surface area contributed by atoms with Gasteiger partial charge in [-0.3, -0.25) is 4.79 Å². The Kier molecular flexibility index (Phi) is 6.92. The Balaban J connectivity index is 4.10. The first kappa shape index (κ1) is 16.9. The van der Waals surface area contributed by atoms with E-state index in [0.717, 1.165) is 6.42 Å². The van der Waals surface area contributed by atoms with Crippen LogP contribution in [0.15, 0.2) is 0 Å². The summed E-state index contributed by atoms with van der Waals surface area (Å²) in [7, 11) is -3.36. The summed E-state index contributed by atoms with van der Waals surface area (Å²) in [5.74, 6) is -0.950. The van der Waals surface area contributed by atoms with Crippen LogP contribution in [-0.4, -0.2) is 32.4 Å². The van der Waals surface area contributed by atoms with Crippen molar-refractivity contribution in [1.29, 1.82) is 5.26 Å². The molecule has 0 bridgehead atoms. The smallest absolute Gasteiger partial charge is 0.235 e. The van der Waals surface area contributed by atoms with Gasteiger partial charge in [0.15, 0.2) is 9.84 Å². The molecule has 0 radical (unpaired) electrons. The van der Waals surface area contributed by atoms with E-state index in [0.29, 0.717) is 19.4 Å². The van der Waals surface area contributed by atoms with Crippen molar-refractivity contribution in [2.75, 3.05) is 18.1 Å². The van der Waals surface area contributed by atoms with Crippen molar-refractivity contribution in [2.45, 2.75) is 40.0 Å². The summed E-state index contributed by atoms with van der Waals surface area (Å²) in [5.41, 5.74) is -0.514. The molecule has 0 aliphatic rings. The third kappa shape index (κ3) is 8.07. The Labute approximate surface area is 109 Å². The fourth-order valence-corrected chi connectivity index (χ4v) is 2.61. The van der Waals surface area contributed by atoms with Gasteiger partial charge in [0.25, 0.3) is 0 Å². The molecule has 1 amide bonds. The van der Waals surface area contributed by atoms with Gasteiger partial charge in [0, 0.05) is 6.54 Å². The van der Waals surface area contributed by atoms with Crippen LogP contribution in [0.1, 0.15) is 40.0 Å². The molecule has 18 heavy (non-hydrogen) atoms. The summed E-state index contributed by atoms with van der Waals surface area (Å²) >= 11 is 0. The maximum Gasteiger partial charge on any atom is 0.235 e. The fourth-order valence-electron chi connectivity index (χ4n) is 1.38. The number of rotatable bonds is 8. The monoisotopic (exact) mass is 274 g/mol. The van der Waals surface area contributed by atoms with Gasteiger partial charge in [-0.15, -0.1) is 0 Å². The molecule has 0 fully saturated rings. The third-order valence-electron chi connectivity index (χ3n) is 2.48. The number of carbonyl (C=O) groups excluding carboxylic acids is 1. The van der Waals surface area contributed by atoms with E-state index < -0.39 is 26.9 Å². The molecule has 104 valence electrons. The van der Waals surface area contributed by atoms with E-state index in [-0.39, 0.29) is 5.75 Å². The van der Waals surface area contributed by atoms with Crippen molar-refractivity contribution < 1.29 is 13.2 Å². The lowest BCUT2D eigenvalue weighted by atomic mass is 9.90. The zero-order valence-electron chi connectivity index (χ0n) is 11.3. The Bertz CT molecular complexity index is 408. The van der Waals surface area contributed by atoms with Crippen LogP contribution in [-0.2, 0) is 14.6 Å². The van der Waals surface area contributed by atoms with Gasteiger partial charge < -0.3 is 5.32 Å². The van der Waals surface area contributed by atoms with Crippen molar-refractivity contribution in [3.05, 3.63) is 0 Å². The summed E-state index contributed by atoms with van der Waals surface area (Å²) in [6.07, 6.45) is 1.70. The summed E-state index contributed by atoms with van der Waals surface area (Å²) in [6, 6.07) is 2.12. The van der Waals surface area contributed by atoms with Crippen LogP contribution in [0.2, 0.25) is 0 Å². The maximum absolute atomic E-state index is 11.6. The summed E-state index contributed by atoms with van der Waals surface area (Å²) in [5, 5.41) is 11.3. The van der Waals surface area contributed by atoms with Crippen LogP contribution >= 0.6 is 0 Å². The Morgan fingerprint density at radius 2 is 2.00 bits per heavy atom. The SMILES string of the molecule is CCCNC(=O)CS(=O)(=O)CCCC(C)(C)C#N. The highest BCUT2D eigenvalue weighted by Gasteiger charge is 2.20. The Hall–Kier alpha value is -1.09. The second-order valence-electron chi connectivity index (χ2n) is 5.04. The minimum absolute atomic E-state index is 0.0440. The number of amides is 1. The predicted molar refractivity (Wildman–Crippen MR) is 70.6 cm³/mol. The number of hydrogen-bond acceptors (Lipinski definition) is 4. The van der Waals surface area contributed by atoms with Crippen molar-refractivity contribution in [2.24, 2.45) is 5.41 Å². The van der Waals surface area contributed by atoms with E-state index in [4.69, 9.17) is 5.26 Å². The molecule has 0 aromatic rings. The van der Waals surface area contributed by atoms with Crippen LogP contribution in [0, 0.1) is 16.7 Å². The van der Waals surface area contributed by atoms with E-state index in [2.05, 4.69) is 11.4 Å². The normalized spacial score (nSPS) is 11.9. The molecule has 0 spiro atoms. The number of carbonyl (C=O) groups is 1. The van der Waals surface area contributed by atoms with Gasteiger partial charge in [-0.1, -0.05) is 6.92 Å². The van der Waals surface area contributed by atoms with Crippen molar-refractivity contribution in [3.8, 4) is 6.07 Å². The molecule has 6 heteroatoms. The largest absolute Gasteiger partial charge is 0.355 e. The van der Waals surface area contributed by atoms with Gasteiger partial charge in [0.05, 0.1) is 17.2 Å². The molecular weight excluding hydrogens is 252 g/mol. The molecular formula is C12H22N2O3S. The van der Waals surface area contributed by atoms with Crippen LogP contribution in [0.5, 0.6) is 0 Å². The lowest BCUT2D eigenvalue weighted by Gasteiger charge is -2.14. The highest BCUT2D eigenvalue weighted by molar-refractivity contribution is 7.92. The van der Waals surface area contributed by atoms with Crippen LogP contribution < -0.4 is 5.32 Å². The lowest BCUT2D eigenvalue weighted by molar-refractivity contribution is -0.118. The fraction of sp³-hybridized carbons (Fsp3) is 0.833. The molecule has 1 N–H and O–H groups in total. The molecule has 0 aliphatic carbocycles. The molecule has 0 rings (SSSR count). The van der Waals surface area contributed by atoms with E-state index in [9.17, 15) is 13.2 Å². The van der Waals surface area contributed by atoms with Gasteiger partial charge in [0.2, 0.25) is 5.91 Å². The average molecular weight is 274 g/mol. The number of hydrogen-bond donors (Lipinski definition) is 1. The molecule has 0 aromatic carbocycles. The molecule has 0 unspecified atom stereocenters. The highest BCUT2D eigenvalue weighted by atomic mass is 32.2. The van der Waals surface area contributed by atoms with E-state index >= 15 is 0 Å².